The van der Waals surface area contributed by atoms with Gasteiger partial charge in [0.2, 0.25) is 0 Å². The predicted octanol–water partition coefficient (Wildman–Crippen LogP) is 3.69. The lowest BCUT2D eigenvalue weighted by Crippen LogP contribution is -2.14. The van der Waals surface area contributed by atoms with Gasteiger partial charge in [-0.3, -0.25) is 0 Å². The first-order valence-electron chi connectivity index (χ1n) is 5.39. The van der Waals surface area contributed by atoms with Gasteiger partial charge in [-0.2, -0.15) is 0 Å². The first kappa shape index (κ1) is 12.2. The average Bonchev–Trinajstić information content (AvgIpc) is 2.75. The number of hydrogen-bond acceptors (Lipinski definition) is 2. The third-order valence-electron chi connectivity index (χ3n) is 2.64. The zero-order chi connectivity index (χ0) is 11.4. The highest BCUT2D eigenvalue weighted by Gasteiger charge is 2.15. The van der Waals surface area contributed by atoms with E-state index in [9.17, 15) is 0 Å². The molecule has 1 atom stereocenters. The second kappa shape index (κ2) is 5.87. The summed E-state index contributed by atoms with van der Waals surface area (Å²) in [5.41, 5.74) is 0.851. The quantitative estimate of drug-likeness (QED) is 0.822. The second-order valence-electron chi connectivity index (χ2n) is 3.85. The lowest BCUT2D eigenvalue weighted by Gasteiger charge is -2.11. The minimum Gasteiger partial charge on any atom is -0.376 e. The van der Waals surface area contributed by atoms with Crippen molar-refractivity contribution in [2.45, 2.75) is 25.6 Å². The van der Waals surface area contributed by atoms with Gasteiger partial charge in [0, 0.05) is 22.2 Å². The molecule has 1 aliphatic heterocycles. The van der Waals surface area contributed by atoms with Gasteiger partial charge in [0.15, 0.2) is 0 Å². The fourth-order valence-corrected chi connectivity index (χ4v) is 2.24. The summed E-state index contributed by atoms with van der Waals surface area (Å²) in [5, 5.41) is 1.31. The maximum Gasteiger partial charge on any atom is 0.0809 e. The molecule has 0 saturated carbocycles. The molecule has 0 amide bonds. The molecule has 88 valence electrons. The molecule has 0 spiro atoms. The Morgan fingerprint density at radius 3 is 2.69 bits per heavy atom. The highest BCUT2D eigenvalue weighted by atomic mass is 35.5. The molecule has 0 aliphatic carbocycles. The van der Waals surface area contributed by atoms with Gasteiger partial charge in [-0.05, 0) is 25.0 Å². The zero-order valence-electron chi connectivity index (χ0n) is 8.92. The van der Waals surface area contributed by atoms with Gasteiger partial charge < -0.3 is 9.47 Å². The smallest absolute Gasteiger partial charge is 0.0809 e. The maximum atomic E-state index is 6.03. The van der Waals surface area contributed by atoms with Gasteiger partial charge in [0.05, 0.1) is 19.3 Å². The largest absolute Gasteiger partial charge is 0.376 e. The highest BCUT2D eigenvalue weighted by molar-refractivity contribution is 6.35. The van der Waals surface area contributed by atoms with Crippen LogP contribution in [-0.4, -0.2) is 19.3 Å². The number of benzene rings is 1. The Labute approximate surface area is 105 Å². The van der Waals surface area contributed by atoms with E-state index >= 15 is 0 Å². The third-order valence-corrected chi connectivity index (χ3v) is 3.34. The summed E-state index contributed by atoms with van der Waals surface area (Å²) in [6, 6.07) is 5.46. The summed E-state index contributed by atoms with van der Waals surface area (Å²) in [7, 11) is 0. The Kier molecular flexibility index (Phi) is 4.47. The van der Waals surface area contributed by atoms with Crippen molar-refractivity contribution in [3.63, 3.8) is 0 Å². The van der Waals surface area contributed by atoms with E-state index in [2.05, 4.69) is 0 Å². The summed E-state index contributed by atoms with van der Waals surface area (Å²) >= 11 is 12.1. The van der Waals surface area contributed by atoms with Crippen molar-refractivity contribution in [2.24, 2.45) is 0 Å². The maximum absolute atomic E-state index is 6.03. The van der Waals surface area contributed by atoms with Crippen LogP contribution in [0.5, 0.6) is 0 Å². The molecule has 0 radical (unpaired) electrons. The monoisotopic (exact) mass is 260 g/mol. The van der Waals surface area contributed by atoms with E-state index in [1.54, 1.807) is 0 Å². The van der Waals surface area contributed by atoms with Gasteiger partial charge in [-0.15, -0.1) is 0 Å². The van der Waals surface area contributed by atoms with Crippen LogP contribution in [0.15, 0.2) is 18.2 Å². The van der Waals surface area contributed by atoms with Gasteiger partial charge in [0.1, 0.15) is 0 Å². The van der Waals surface area contributed by atoms with Crippen molar-refractivity contribution in [3.8, 4) is 0 Å². The van der Waals surface area contributed by atoms with E-state index in [0.717, 1.165) is 25.0 Å². The predicted molar refractivity (Wildman–Crippen MR) is 65.1 cm³/mol. The summed E-state index contributed by atoms with van der Waals surface area (Å²) in [6.07, 6.45) is 2.44. The fourth-order valence-electron chi connectivity index (χ4n) is 1.74. The van der Waals surface area contributed by atoms with Crippen LogP contribution in [0, 0.1) is 0 Å². The van der Waals surface area contributed by atoms with Crippen LogP contribution in [0.3, 0.4) is 0 Å². The molecule has 1 aliphatic rings. The summed E-state index contributed by atoms with van der Waals surface area (Å²) in [4.78, 5) is 0. The molecule has 1 saturated heterocycles. The van der Waals surface area contributed by atoms with Crippen LogP contribution in [0.25, 0.3) is 0 Å². The van der Waals surface area contributed by atoms with E-state index in [1.807, 2.05) is 18.2 Å². The van der Waals surface area contributed by atoms with Crippen molar-refractivity contribution < 1.29 is 9.47 Å². The molecule has 1 aromatic carbocycles. The minimum absolute atomic E-state index is 0.237. The molecular formula is C12H14Cl2O2. The Balaban J connectivity index is 1.84. The molecular weight excluding hydrogens is 247 g/mol. The summed E-state index contributed by atoms with van der Waals surface area (Å²) in [6.45, 7) is 1.90. The molecule has 2 rings (SSSR count). The standard InChI is InChI=1S/C12H14Cl2O2/c13-11-4-1-5-12(14)10(11)8-15-7-9-3-2-6-16-9/h1,4-5,9H,2-3,6-8H2. The van der Waals surface area contributed by atoms with Crippen molar-refractivity contribution in [3.05, 3.63) is 33.8 Å². The first-order chi connectivity index (χ1) is 7.77. The molecule has 4 heteroatoms. The normalized spacial score (nSPS) is 20.2. The fraction of sp³-hybridized carbons (Fsp3) is 0.500. The minimum atomic E-state index is 0.237. The van der Waals surface area contributed by atoms with Gasteiger partial charge in [-0.1, -0.05) is 29.3 Å². The summed E-state index contributed by atoms with van der Waals surface area (Å²) in [5.74, 6) is 0. The van der Waals surface area contributed by atoms with Crippen LogP contribution >= 0.6 is 23.2 Å². The van der Waals surface area contributed by atoms with Crippen molar-refractivity contribution in [2.75, 3.05) is 13.2 Å². The molecule has 1 heterocycles. The molecule has 0 N–H and O–H groups in total. The number of ether oxygens (including phenoxy) is 2. The van der Waals surface area contributed by atoms with Crippen molar-refractivity contribution in [1.29, 1.82) is 0 Å². The Bertz CT molecular complexity index is 329. The third kappa shape index (κ3) is 3.11. The van der Waals surface area contributed by atoms with Crippen LogP contribution < -0.4 is 0 Å². The van der Waals surface area contributed by atoms with Crippen molar-refractivity contribution in [1.82, 2.24) is 0 Å². The molecule has 1 unspecified atom stereocenters. The SMILES string of the molecule is Clc1cccc(Cl)c1COCC1CCCO1. The van der Waals surface area contributed by atoms with E-state index in [0.29, 0.717) is 23.3 Å². The Hall–Kier alpha value is -0.280. The zero-order valence-corrected chi connectivity index (χ0v) is 10.4. The van der Waals surface area contributed by atoms with Crippen LogP contribution in [0.1, 0.15) is 18.4 Å². The lowest BCUT2D eigenvalue weighted by molar-refractivity contribution is 0.0106. The van der Waals surface area contributed by atoms with E-state index in [1.165, 1.54) is 0 Å². The number of rotatable bonds is 4. The molecule has 2 nitrogen and oxygen atoms in total. The number of hydrogen-bond donors (Lipinski definition) is 0. The Morgan fingerprint density at radius 1 is 1.31 bits per heavy atom. The van der Waals surface area contributed by atoms with Crippen LogP contribution in [-0.2, 0) is 16.1 Å². The van der Waals surface area contributed by atoms with E-state index < -0.39 is 0 Å². The Morgan fingerprint density at radius 2 is 2.06 bits per heavy atom. The summed E-state index contributed by atoms with van der Waals surface area (Å²) < 4.78 is 11.0. The van der Waals surface area contributed by atoms with Gasteiger partial charge in [-0.25, -0.2) is 0 Å². The van der Waals surface area contributed by atoms with E-state index in [4.69, 9.17) is 32.7 Å². The average molecular weight is 261 g/mol. The van der Waals surface area contributed by atoms with Gasteiger partial charge in [0.25, 0.3) is 0 Å². The van der Waals surface area contributed by atoms with E-state index in [-0.39, 0.29) is 6.10 Å². The highest BCUT2D eigenvalue weighted by Crippen LogP contribution is 2.25. The second-order valence-corrected chi connectivity index (χ2v) is 4.66. The molecule has 16 heavy (non-hydrogen) atoms. The molecule has 1 aromatic rings. The first-order valence-corrected chi connectivity index (χ1v) is 6.15. The van der Waals surface area contributed by atoms with Gasteiger partial charge >= 0.3 is 0 Å². The number of halogens is 2. The lowest BCUT2D eigenvalue weighted by atomic mass is 10.2. The molecule has 0 aromatic heterocycles. The van der Waals surface area contributed by atoms with Crippen LogP contribution in [0.2, 0.25) is 10.0 Å². The molecule has 0 bridgehead atoms. The van der Waals surface area contributed by atoms with Crippen molar-refractivity contribution >= 4 is 23.2 Å². The topological polar surface area (TPSA) is 18.5 Å². The molecule has 1 fully saturated rings. The van der Waals surface area contributed by atoms with Crippen LogP contribution in [0.4, 0.5) is 0 Å².